The number of carbonyl (C=O) groups is 2. The van der Waals surface area contributed by atoms with E-state index >= 15 is 0 Å². The first-order chi connectivity index (χ1) is 18.2. The molecule has 1 aliphatic carbocycles. The molecule has 12 heteroatoms. The number of hydrogen-bond acceptors (Lipinski definition) is 8. The Morgan fingerprint density at radius 2 is 1.71 bits per heavy atom. The van der Waals surface area contributed by atoms with Crippen LogP contribution in [-0.4, -0.2) is 40.1 Å². The molecule has 0 radical (unpaired) electrons. The summed E-state index contributed by atoms with van der Waals surface area (Å²) in [7, 11) is 1.42. The van der Waals surface area contributed by atoms with Gasteiger partial charge >= 0.3 is 6.09 Å². The third-order valence-corrected chi connectivity index (χ3v) is 5.26. The third kappa shape index (κ3) is 8.23. The molecular formula is C26H29F2N7O3. The number of hydrogen-bond donors (Lipinski definition) is 4. The van der Waals surface area contributed by atoms with Gasteiger partial charge in [0.15, 0.2) is 5.82 Å². The van der Waals surface area contributed by atoms with Crippen LogP contribution in [0.1, 0.15) is 47.5 Å². The van der Waals surface area contributed by atoms with Crippen LogP contribution in [0.5, 0.6) is 0 Å². The van der Waals surface area contributed by atoms with Gasteiger partial charge in [-0.1, -0.05) is 36.4 Å². The van der Waals surface area contributed by atoms with Crippen molar-refractivity contribution in [2.45, 2.75) is 31.9 Å². The van der Waals surface area contributed by atoms with E-state index in [-0.39, 0.29) is 34.7 Å². The van der Waals surface area contributed by atoms with E-state index in [1.165, 1.54) is 26.2 Å². The number of halogens is 2. The molecule has 1 aliphatic rings. The lowest BCUT2D eigenvalue weighted by atomic mass is 10.2. The molecule has 1 atom stereocenters. The Labute approximate surface area is 218 Å². The van der Waals surface area contributed by atoms with Crippen LogP contribution >= 0.6 is 0 Å². The van der Waals surface area contributed by atoms with Crippen LogP contribution in [0.4, 0.5) is 13.6 Å². The fourth-order valence-corrected chi connectivity index (χ4v) is 3.11. The van der Waals surface area contributed by atoms with Crippen molar-refractivity contribution >= 4 is 17.7 Å². The summed E-state index contributed by atoms with van der Waals surface area (Å²) in [5.74, 6) is 3.73. The number of aromatic nitrogens is 2. The first-order valence-corrected chi connectivity index (χ1v) is 11.7. The van der Waals surface area contributed by atoms with Crippen molar-refractivity contribution in [2.75, 3.05) is 7.05 Å². The Morgan fingerprint density at radius 1 is 1.08 bits per heavy atom. The van der Waals surface area contributed by atoms with Crippen LogP contribution in [0, 0.1) is 11.8 Å². The number of rotatable bonds is 7. The lowest BCUT2D eigenvalue weighted by molar-refractivity contribution is 0.0950. The summed E-state index contributed by atoms with van der Waals surface area (Å²) in [5, 5.41) is 6.23. The highest BCUT2D eigenvalue weighted by molar-refractivity contribution is 5.94. The summed E-state index contributed by atoms with van der Waals surface area (Å²) >= 11 is 0. The zero-order valence-corrected chi connectivity index (χ0v) is 20.9. The number of benzene rings is 1. The van der Waals surface area contributed by atoms with Crippen LogP contribution < -0.4 is 22.2 Å². The summed E-state index contributed by atoms with van der Waals surface area (Å²) in [6.07, 6.45) is 1.82. The number of nitrogens with one attached hydrogen (secondary N) is 2. The van der Waals surface area contributed by atoms with E-state index in [0.29, 0.717) is 11.8 Å². The number of ether oxygens (including phenoxy) is 1. The number of pyridine rings is 2. The minimum absolute atomic E-state index is 0.00708. The molecule has 10 nitrogen and oxygen atoms in total. The van der Waals surface area contributed by atoms with Gasteiger partial charge in [0.05, 0.1) is 23.0 Å². The van der Waals surface area contributed by atoms with Gasteiger partial charge in [0.2, 0.25) is 5.95 Å². The zero-order chi connectivity index (χ0) is 27.7. The van der Waals surface area contributed by atoms with Gasteiger partial charge < -0.3 is 15.8 Å². The topological polar surface area (TPSA) is 148 Å². The van der Waals surface area contributed by atoms with Gasteiger partial charge in [0.25, 0.3) is 5.91 Å². The Hall–Kier alpha value is -4.58. The highest BCUT2D eigenvalue weighted by atomic mass is 19.1. The van der Waals surface area contributed by atoms with Crippen molar-refractivity contribution in [3.63, 3.8) is 0 Å². The number of hydrazine groups is 1. The Balaban J connectivity index is 0.000000585. The molecule has 3 aromatic rings. The van der Waals surface area contributed by atoms with Gasteiger partial charge in [-0.3, -0.25) is 20.1 Å². The maximum atomic E-state index is 13.8. The summed E-state index contributed by atoms with van der Waals surface area (Å²) in [6.45, 7) is 1.35. The van der Waals surface area contributed by atoms with E-state index < -0.39 is 24.0 Å². The molecule has 0 spiro atoms. The van der Waals surface area contributed by atoms with Gasteiger partial charge in [-0.05, 0) is 38.0 Å². The molecule has 1 fully saturated rings. The molecule has 0 aliphatic heterocycles. The van der Waals surface area contributed by atoms with E-state index in [4.69, 9.17) is 16.3 Å². The van der Waals surface area contributed by atoms with Gasteiger partial charge in [0.1, 0.15) is 17.6 Å². The molecule has 6 N–H and O–H groups in total. The number of amides is 2. The molecule has 2 heterocycles. The summed E-state index contributed by atoms with van der Waals surface area (Å²) < 4.78 is 32.2. The average Bonchev–Trinajstić information content (AvgIpc) is 3.73. The Morgan fingerprint density at radius 3 is 2.24 bits per heavy atom. The predicted octanol–water partition coefficient (Wildman–Crippen LogP) is 3.21. The maximum Gasteiger partial charge on any atom is 0.413 e. The number of nitrogens with zero attached hydrogens (tertiary/aromatic N) is 3. The van der Waals surface area contributed by atoms with Crippen LogP contribution in [0.15, 0.2) is 72.8 Å². The smallest absolute Gasteiger partial charge is 0.413 e. The first kappa shape index (κ1) is 28.0. The molecule has 0 bridgehead atoms. The highest BCUT2D eigenvalue weighted by Gasteiger charge is 2.24. The van der Waals surface area contributed by atoms with E-state index in [0.717, 1.165) is 23.9 Å². The minimum atomic E-state index is -1.15. The molecule has 1 unspecified atom stereocenters. The second-order valence-corrected chi connectivity index (χ2v) is 8.41. The van der Waals surface area contributed by atoms with Crippen LogP contribution in [0.25, 0.3) is 5.70 Å². The summed E-state index contributed by atoms with van der Waals surface area (Å²) in [6, 6.07) is 16.1. The van der Waals surface area contributed by atoms with E-state index in [1.807, 2.05) is 36.4 Å². The van der Waals surface area contributed by atoms with Crippen LogP contribution in [-0.2, 0) is 4.74 Å². The van der Waals surface area contributed by atoms with Crippen molar-refractivity contribution < 1.29 is 23.1 Å². The van der Waals surface area contributed by atoms with Crippen molar-refractivity contribution in [3.05, 3.63) is 101 Å². The molecular weight excluding hydrogens is 496 g/mol. The second-order valence-electron chi connectivity index (χ2n) is 8.41. The maximum absolute atomic E-state index is 13.8. The SMILES string of the molecule is CC(OC(=O)N/C(=C(/N)c1ccc(C(=O)NC2CC2)cn1)N(C)N)c1cc(F)cnc1F.c1ccccc1. The fourth-order valence-electron chi connectivity index (χ4n) is 3.11. The molecule has 0 saturated heterocycles. The van der Waals surface area contributed by atoms with Gasteiger partial charge in [-0.15, -0.1) is 0 Å². The van der Waals surface area contributed by atoms with Gasteiger partial charge in [-0.25, -0.2) is 20.0 Å². The van der Waals surface area contributed by atoms with E-state index in [1.54, 1.807) is 6.07 Å². The number of nitrogens with two attached hydrogens (primary N) is 2. The Kier molecular flexibility index (Phi) is 9.66. The van der Waals surface area contributed by atoms with E-state index in [9.17, 15) is 18.4 Å². The first-order valence-electron chi connectivity index (χ1n) is 11.7. The molecule has 4 rings (SSSR count). The standard InChI is InChI=1S/C20H23F2N7O3.C6H6/c1-10(14-7-12(21)9-26-17(14)22)32-20(31)28-18(29(2)24)16(23)15-6-3-11(8-25-15)19(30)27-13-4-5-13;1-2-4-6-5-3-1/h3,6-10,13H,4-5,23-24H2,1-2H3,(H,27,30)(H,28,31);1-6H/b18-16-;. The second kappa shape index (κ2) is 13.1. The molecule has 2 amide bonds. The molecule has 38 heavy (non-hydrogen) atoms. The minimum Gasteiger partial charge on any atom is -0.441 e. The molecule has 1 saturated carbocycles. The summed E-state index contributed by atoms with van der Waals surface area (Å²) in [5.41, 5.74) is 6.46. The quantitative estimate of drug-likeness (QED) is 0.209. The summed E-state index contributed by atoms with van der Waals surface area (Å²) in [4.78, 5) is 31.8. The third-order valence-electron chi connectivity index (χ3n) is 5.26. The van der Waals surface area contributed by atoms with Crippen molar-refractivity contribution in [1.29, 1.82) is 0 Å². The molecule has 200 valence electrons. The van der Waals surface area contributed by atoms with E-state index in [2.05, 4.69) is 20.6 Å². The monoisotopic (exact) mass is 525 g/mol. The normalized spacial score (nSPS) is 13.7. The highest BCUT2D eigenvalue weighted by Crippen LogP contribution is 2.21. The van der Waals surface area contributed by atoms with Crippen molar-refractivity contribution in [2.24, 2.45) is 11.6 Å². The predicted molar refractivity (Wildman–Crippen MR) is 136 cm³/mol. The fraction of sp³-hybridized carbons (Fsp3) is 0.231. The Bertz CT molecular complexity index is 1240. The lowest BCUT2D eigenvalue weighted by Gasteiger charge is -2.21. The van der Waals surface area contributed by atoms with Gasteiger partial charge in [-0.2, -0.15) is 4.39 Å². The van der Waals surface area contributed by atoms with Crippen molar-refractivity contribution in [1.82, 2.24) is 25.6 Å². The lowest BCUT2D eigenvalue weighted by Crippen LogP contribution is -2.39. The van der Waals surface area contributed by atoms with Gasteiger partial charge in [0, 0.05) is 19.3 Å². The molecule has 1 aromatic carbocycles. The van der Waals surface area contributed by atoms with Crippen LogP contribution in [0.3, 0.4) is 0 Å². The number of alkyl carbamates (subject to hydrolysis) is 1. The van der Waals surface area contributed by atoms with Crippen molar-refractivity contribution in [3.8, 4) is 0 Å². The molecule has 2 aromatic heterocycles. The average molecular weight is 526 g/mol. The number of carbonyl (C=O) groups excluding carboxylic acids is 2. The zero-order valence-electron chi connectivity index (χ0n) is 20.9. The largest absolute Gasteiger partial charge is 0.441 e. The van der Waals surface area contributed by atoms with Crippen LogP contribution in [0.2, 0.25) is 0 Å².